The Morgan fingerprint density at radius 1 is 0.931 bits per heavy atom. The molecule has 0 aliphatic heterocycles. The van der Waals surface area contributed by atoms with Gasteiger partial charge in [-0.15, -0.1) is 11.3 Å². The molecule has 0 saturated carbocycles. The van der Waals surface area contributed by atoms with Crippen LogP contribution in [0.15, 0.2) is 18.2 Å². The lowest BCUT2D eigenvalue weighted by Crippen LogP contribution is -2.20. The first kappa shape index (κ1) is 21.2. The van der Waals surface area contributed by atoms with Crippen molar-refractivity contribution in [2.45, 2.75) is 38.0 Å². The average molecular weight is 436 g/mol. The van der Waals surface area contributed by atoms with Gasteiger partial charge in [0.05, 0.1) is 16.7 Å². The first-order chi connectivity index (χ1) is 13.4. The second-order valence-electron chi connectivity index (χ2n) is 6.53. The third-order valence-electron chi connectivity index (χ3n) is 4.49. The van der Waals surface area contributed by atoms with Gasteiger partial charge >= 0.3 is 12.4 Å². The van der Waals surface area contributed by atoms with Crippen molar-refractivity contribution in [3.63, 3.8) is 0 Å². The fourth-order valence-corrected chi connectivity index (χ4v) is 4.47. The van der Waals surface area contributed by atoms with Crippen LogP contribution in [0.4, 0.5) is 31.3 Å². The minimum atomic E-state index is -5.07. The summed E-state index contributed by atoms with van der Waals surface area (Å²) in [6, 6.07) is 0.611. The Morgan fingerprint density at radius 3 is 2.00 bits per heavy atom. The summed E-state index contributed by atoms with van der Waals surface area (Å²) in [7, 11) is 0. The topological polar surface area (TPSA) is 72.2 Å². The molecule has 3 N–H and O–H groups in total. The van der Waals surface area contributed by atoms with E-state index in [1.54, 1.807) is 0 Å². The van der Waals surface area contributed by atoms with Crippen molar-refractivity contribution >= 4 is 28.2 Å². The van der Waals surface area contributed by atoms with E-state index in [1.165, 1.54) is 0 Å². The van der Waals surface area contributed by atoms with Crippen LogP contribution in [0.5, 0.6) is 0 Å². The SMILES string of the molecule is NC(=O)c1c(NC(=O)c2cc(C(F)(F)F)cc(C(F)(F)F)c2)sc2c1CCCC2. The molecule has 4 nitrogen and oxygen atoms in total. The highest BCUT2D eigenvalue weighted by Gasteiger charge is 2.37. The van der Waals surface area contributed by atoms with Crippen molar-refractivity contribution in [1.29, 1.82) is 0 Å². The maximum Gasteiger partial charge on any atom is 0.416 e. The predicted molar refractivity (Wildman–Crippen MR) is 93.9 cm³/mol. The van der Waals surface area contributed by atoms with Gasteiger partial charge in [-0.3, -0.25) is 9.59 Å². The molecular formula is C18H14F6N2O2S. The van der Waals surface area contributed by atoms with E-state index in [-0.39, 0.29) is 16.6 Å². The molecule has 0 bridgehead atoms. The molecule has 0 unspecified atom stereocenters. The van der Waals surface area contributed by atoms with Gasteiger partial charge in [0.2, 0.25) is 0 Å². The number of anilines is 1. The third-order valence-corrected chi connectivity index (χ3v) is 5.70. The van der Waals surface area contributed by atoms with Crippen LogP contribution >= 0.6 is 11.3 Å². The van der Waals surface area contributed by atoms with Crippen LogP contribution in [0, 0.1) is 0 Å². The number of benzene rings is 1. The standard InChI is InChI=1S/C18H14F6N2O2S/c19-17(20,21)9-5-8(6-10(7-9)18(22,23)24)15(28)26-16-13(14(25)27)11-3-1-2-4-12(11)29-16/h5-7H,1-4H2,(H2,25,27)(H,26,28). The maximum absolute atomic E-state index is 13.0. The lowest BCUT2D eigenvalue weighted by molar-refractivity contribution is -0.143. The second kappa shape index (κ2) is 7.36. The third kappa shape index (κ3) is 4.39. The van der Waals surface area contributed by atoms with E-state index in [9.17, 15) is 35.9 Å². The molecule has 29 heavy (non-hydrogen) atoms. The summed E-state index contributed by atoms with van der Waals surface area (Å²) in [5.74, 6) is -2.01. The number of hydrogen-bond acceptors (Lipinski definition) is 3. The van der Waals surface area contributed by atoms with Gasteiger partial charge in [-0.25, -0.2) is 0 Å². The molecule has 1 aliphatic carbocycles. The number of nitrogens with one attached hydrogen (secondary N) is 1. The number of carbonyl (C=O) groups is 2. The van der Waals surface area contributed by atoms with Crippen molar-refractivity contribution in [1.82, 2.24) is 0 Å². The van der Waals surface area contributed by atoms with Crippen LogP contribution in [0.3, 0.4) is 0 Å². The fourth-order valence-electron chi connectivity index (χ4n) is 3.18. The van der Waals surface area contributed by atoms with Crippen LogP contribution in [0.1, 0.15) is 55.1 Å². The van der Waals surface area contributed by atoms with Crippen molar-refractivity contribution in [3.8, 4) is 0 Å². The molecule has 1 aromatic carbocycles. The molecule has 1 aromatic heterocycles. The van der Waals surface area contributed by atoms with Gasteiger partial charge in [0.25, 0.3) is 11.8 Å². The van der Waals surface area contributed by atoms with Crippen LogP contribution in [-0.2, 0) is 25.2 Å². The summed E-state index contributed by atoms with van der Waals surface area (Å²) in [5.41, 5.74) is 2.08. The van der Waals surface area contributed by atoms with Gasteiger partial charge in [0, 0.05) is 10.4 Å². The summed E-state index contributed by atoms with van der Waals surface area (Å²) >= 11 is 1.06. The van der Waals surface area contributed by atoms with Crippen LogP contribution in [0.25, 0.3) is 0 Å². The average Bonchev–Trinajstić information content (AvgIpc) is 2.97. The van der Waals surface area contributed by atoms with E-state index in [2.05, 4.69) is 5.32 Å². The van der Waals surface area contributed by atoms with E-state index >= 15 is 0 Å². The quantitative estimate of drug-likeness (QED) is 0.664. The van der Waals surface area contributed by atoms with E-state index in [0.717, 1.165) is 29.1 Å². The number of carbonyl (C=O) groups excluding carboxylic acids is 2. The van der Waals surface area contributed by atoms with E-state index in [0.29, 0.717) is 30.5 Å². The highest BCUT2D eigenvalue weighted by Crippen LogP contribution is 2.39. The molecular weight excluding hydrogens is 422 g/mol. The van der Waals surface area contributed by atoms with E-state index in [1.807, 2.05) is 0 Å². The highest BCUT2D eigenvalue weighted by molar-refractivity contribution is 7.17. The van der Waals surface area contributed by atoms with Crippen LogP contribution in [0.2, 0.25) is 0 Å². The Labute approximate surface area is 164 Å². The molecule has 0 spiro atoms. The number of thiophene rings is 1. The Kier molecular flexibility index (Phi) is 5.37. The zero-order valence-electron chi connectivity index (χ0n) is 14.6. The normalized spacial score (nSPS) is 14.4. The minimum absolute atomic E-state index is 0.0281. The van der Waals surface area contributed by atoms with E-state index in [4.69, 9.17) is 5.73 Å². The summed E-state index contributed by atoms with van der Waals surface area (Å²) in [6.07, 6.45) is -7.27. The number of halogens is 6. The molecule has 2 amide bonds. The summed E-state index contributed by atoms with van der Waals surface area (Å²) < 4.78 is 78.0. The molecule has 1 aliphatic rings. The van der Waals surface area contributed by atoms with Crippen molar-refractivity contribution in [2.24, 2.45) is 5.73 Å². The zero-order valence-corrected chi connectivity index (χ0v) is 15.4. The van der Waals surface area contributed by atoms with E-state index < -0.39 is 40.9 Å². The lowest BCUT2D eigenvalue weighted by Gasteiger charge is -2.14. The summed E-state index contributed by atoms with van der Waals surface area (Å²) in [6.45, 7) is 0. The van der Waals surface area contributed by atoms with Gasteiger partial charge < -0.3 is 11.1 Å². The van der Waals surface area contributed by atoms with Crippen molar-refractivity contribution < 1.29 is 35.9 Å². The first-order valence-electron chi connectivity index (χ1n) is 8.43. The van der Waals surface area contributed by atoms with Gasteiger partial charge in [0.15, 0.2) is 0 Å². The van der Waals surface area contributed by atoms with Crippen LogP contribution < -0.4 is 11.1 Å². The molecule has 0 fully saturated rings. The lowest BCUT2D eigenvalue weighted by atomic mass is 9.95. The number of hydrogen-bond donors (Lipinski definition) is 2. The number of amides is 2. The van der Waals surface area contributed by atoms with Gasteiger partial charge in [0.1, 0.15) is 5.00 Å². The largest absolute Gasteiger partial charge is 0.416 e. The number of rotatable bonds is 3. The first-order valence-corrected chi connectivity index (χ1v) is 9.24. The highest BCUT2D eigenvalue weighted by atomic mass is 32.1. The molecule has 0 radical (unpaired) electrons. The van der Waals surface area contributed by atoms with Gasteiger partial charge in [-0.1, -0.05) is 0 Å². The molecule has 2 aromatic rings. The van der Waals surface area contributed by atoms with Gasteiger partial charge in [-0.05, 0) is 49.4 Å². The Morgan fingerprint density at radius 2 is 1.48 bits per heavy atom. The van der Waals surface area contributed by atoms with Crippen molar-refractivity contribution in [3.05, 3.63) is 50.9 Å². The number of nitrogens with two attached hydrogens (primary N) is 1. The summed E-state index contributed by atoms with van der Waals surface area (Å²) in [5, 5.41) is 2.29. The molecule has 1 heterocycles. The number of alkyl halides is 6. The number of fused-ring (bicyclic) bond motifs is 1. The minimum Gasteiger partial charge on any atom is -0.365 e. The molecule has 156 valence electrons. The Bertz CT molecular complexity index is 946. The zero-order chi connectivity index (χ0) is 21.6. The number of primary amides is 1. The van der Waals surface area contributed by atoms with Gasteiger partial charge in [-0.2, -0.15) is 26.3 Å². The maximum atomic E-state index is 13.0. The summed E-state index contributed by atoms with van der Waals surface area (Å²) in [4.78, 5) is 25.1. The van der Waals surface area contributed by atoms with Crippen molar-refractivity contribution in [2.75, 3.05) is 5.32 Å². The molecule has 3 rings (SSSR count). The number of aryl methyl sites for hydroxylation is 1. The molecule has 0 saturated heterocycles. The monoisotopic (exact) mass is 436 g/mol. The Balaban J connectivity index is 2.02. The smallest absolute Gasteiger partial charge is 0.365 e. The second-order valence-corrected chi connectivity index (χ2v) is 7.63. The van der Waals surface area contributed by atoms with Crippen LogP contribution in [-0.4, -0.2) is 11.8 Å². The molecule has 0 atom stereocenters. The fraction of sp³-hybridized carbons (Fsp3) is 0.333. The predicted octanol–water partition coefficient (Wildman–Crippen LogP) is 5.02. The molecule has 11 heteroatoms. The Hall–Kier alpha value is -2.56.